The van der Waals surface area contributed by atoms with Crippen molar-refractivity contribution in [1.29, 1.82) is 0 Å². The van der Waals surface area contributed by atoms with Crippen LogP contribution in [0.4, 0.5) is 8.78 Å². The molecule has 9 nitrogen and oxygen atoms in total. The van der Waals surface area contributed by atoms with E-state index in [-0.39, 0.29) is 43.0 Å². The van der Waals surface area contributed by atoms with Gasteiger partial charge in [0.05, 0.1) is 23.2 Å². The van der Waals surface area contributed by atoms with Crippen molar-refractivity contribution in [3.05, 3.63) is 53.9 Å². The molecule has 12 heteroatoms. The lowest BCUT2D eigenvalue weighted by Gasteiger charge is -2.31. The summed E-state index contributed by atoms with van der Waals surface area (Å²) < 4.78 is 51.9. The number of hydrogen-bond donors (Lipinski definition) is 3. The Morgan fingerprint density at radius 3 is 2.61 bits per heavy atom. The van der Waals surface area contributed by atoms with Gasteiger partial charge in [-0.2, -0.15) is 9.40 Å². The molecule has 1 aliphatic rings. The summed E-state index contributed by atoms with van der Waals surface area (Å²) >= 11 is 0. The molecule has 3 heterocycles. The summed E-state index contributed by atoms with van der Waals surface area (Å²) in [7, 11) is -3.67. The van der Waals surface area contributed by atoms with E-state index in [1.165, 1.54) is 22.6 Å². The van der Waals surface area contributed by atoms with Gasteiger partial charge in [0.25, 0.3) is 12.3 Å². The minimum Gasteiger partial charge on any atom is -0.348 e. The number of piperidine rings is 1. The maximum Gasteiger partial charge on any atom is 0.253 e. The first-order chi connectivity index (χ1) is 15.8. The third-order valence-corrected chi connectivity index (χ3v) is 7.50. The molecule has 0 atom stereocenters. The van der Waals surface area contributed by atoms with E-state index in [1.807, 2.05) is 0 Å². The molecule has 1 fully saturated rings. The van der Waals surface area contributed by atoms with Crippen molar-refractivity contribution in [2.45, 2.75) is 36.7 Å². The van der Waals surface area contributed by atoms with E-state index in [0.717, 1.165) is 10.9 Å². The maximum atomic E-state index is 12.9. The van der Waals surface area contributed by atoms with E-state index in [4.69, 9.17) is 0 Å². The number of carbonyl (C=O) groups is 1. The average Bonchev–Trinajstić information content (AvgIpc) is 3.30. The van der Waals surface area contributed by atoms with Gasteiger partial charge >= 0.3 is 0 Å². The Morgan fingerprint density at radius 2 is 1.91 bits per heavy atom. The number of benzene rings is 1. The molecule has 3 N–H and O–H groups in total. The largest absolute Gasteiger partial charge is 0.348 e. The monoisotopic (exact) mass is 478 g/mol. The van der Waals surface area contributed by atoms with Crippen LogP contribution in [0.1, 0.15) is 28.8 Å². The number of rotatable bonds is 8. The Balaban J connectivity index is 1.32. The summed E-state index contributed by atoms with van der Waals surface area (Å²) in [6, 6.07) is 7.90. The number of H-pyrrole nitrogens is 1. The summed E-state index contributed by atoms with van der Waals surface area (Å²) in [4.78, 5) is 16.7. The molecular weight excluding hydrogens is 454 g/mol. The maximum absolute atomic E-state index is 12.9. The number of aromatic amines is 1. The lowest BCUT2D eigenvalue weighted by molar-refractivity contribution is 0.0950. The van der Waals surface area contributed by atoms with Crippen LogP contribution in [0.15, 0.2) is 47.6 Å². The number of nitrogens with zero attached hydrogens (tertiary/aromatic N) is 3. The standard InChI is InChI=1S/C21H24F2N6O3S/c22-19(23)13-24-17-5-7-29(8-6-17)33(31,32)18-3-1-14(2-4-18)10-26-21(30)16-9-15-12-27-28-20(15)25-11-16/h1-4,9,11-12,17,19,24H,5-8,10,13H2,(H,26,30)(H,25,27,28). The Hall–Kier alpha value is -2.96. The first-order valence-electron chi connectivity index (χ1n) is 10.5. The molecule has 3 aromatic rings. The average molecular weight is 479 g/mol. The molecule has 0 saturated carbocycles. The van der Waals surface area contributed by atoms with Gasteiger partial charge in [0.15, 0.2) is 5.65 Å². The van der Waals surface area contributed by atoms with Gasteiger partial charge in [-0.25, -0.2) is 22.2 Å². The van der Waals surface area contributed by atoms with Crippen molar-refractivity contribution in [3.63, 3.8) is 0 Å². The molecule has 0 aliphatic carbocycles. The van der Waals surface area contributed by atoms with Crippen LogP contribution >= 0.6 is 0 Å². The number of aromatic nitrogens is 3. The van der Waals surface area contributed by atoms with Crippen LogP contribution in [0.3, 0.4) is 0 Å². The number of fused-ring (bicyclic) bond motifs is 1. The van der Waals surface area contributed by atoms with Crippen molar-refractivity contribution >= 4 is 27.0 Å². The quantitative estimate of drug-likeness (QED) is 0.455. The molecule has 4 rings (SSSR count). The molecule has 176 valence electrons. The van der Waals surface area contributed by atoms with E-state index in [1.54, 1.807) is 24.4 Å². The van der Waals surface area contributed by atoms with Crippen molar-refractivity contribution in [2.24, 2.45) is 0 Å². The van der Waals surface area contributed by atoms with Gasteiger partial charge in [0.2, 0.25) is 10.0 Å². The number of amides is 1. The van der Waals surface area contributed by atoms with E-state index in [0.29, 0.717) is 24.1 Å². The highest BCUT2D eigenvalue weighted by molar-refractivity contribution is 7.89. The fourth-order valence-electron chi connectivity index (χ4n) is 3.73. The normalized spacial score (nSPS) is 15.8. The fourth-order valence-corrected chi connectivity index (χ4v) is 5.20. The summed E-state index contributed by atoms with van der Waals surface area (Å²) in [6.45, 7) is 0.389. The van der Waals surface area contributed by atoms with Crippen LogP contribution in [-0.4, -0.2) is 65.9 Å². The van der Waals surface area contributed by atoms with Crippen LogP contribution in [0.5, 0.6) is 0 Å². The van der Waals surface area contributed by atoms with E-state index < -0.39 is 16.4 Å². The zero-order valence-electron chi connectivity index (χ0n) is 17.7. The molecule has 1 saturated heterocycles. The van der Waals surface area contributed by atoms with Gasteiger partial charge in [0, 0.05) is 37.3 Å². The highest BCUT2D eigenvalue weighted by Crippen LogP contribution is 2.21. The number of nitrogens with one attached hydrogen (secondary N) is 3. The summed E-state index contributed by atoms with van der Waals surface area (Å²) in [6.07, 6.45) is 1.58. The number of halogens is 2. The third kappa shape index (κ3) is 5.52. The van der Waals surface area contributed by atoms with Gasteiger partial charge in [-0.15, -0.1) is 0 Å². The zero-order valence-corrected chi connectivity index (χ0v) is 18.5. The Kier molecular flexibility index (Phi) is 6.96. The highest BCUT2D eigenvalue weighted by Gasteiger charge is 2.29. The highest BCUT2D eigenvalue weighted by atomic mass is 32.2. The van der Waals surface area contributed by atoms with Crippen LogP contribution in [-0.2, 0) is 16.6 Å². The summed E-state index contributed by atoms with van der Waals surface area (Å²) in [5.41, 5.74) is 1.74. The number of pyridine rings is 1. The number of sulfonamides is 1. The second-order valence-electron chi connectivity index (χ2n) is 7.84. The number of alkyl halides is 2. The lowest BCUT2D eigenvalue weighted by atomic mass is 10.1. The first kappa shape index (κ1) is 23.2. The molecule has 1 aromatic carbocycles. The molecule has 2 aromatic heterocycles. The molecule has 33 heavy (non-hydrogen) atoms. The Labute approximate surface area is 189 Å². The minimum absolute atomic E-state index is 0.110. The topological polar surface area (TPSA) is 120 Å². The van der Waals surface area contributed by atoms with Crippen LogP contribution in [0.25, 0.3) is 11.0 Å². The van der Waals surface area contributed by atoms with Gasteiger partial charge < -0.3 is 10.6 Å². The molecule has 1 aliphatic heterocycles. The smallest absolute Gasteiger partial charge is 0.253 e. The number of carbonyl (C=O) groups excluding carboxylic acids is 1. The Bertz CT molecular complexity index is 1210. The molecular formula is C21H24F2N6O3S. The van der Waals surface area contributed by atoms with Gasteiger partial charge in [0.1, 0.15) is 0 Å². The fraction of sp³-hybridized carbons (Fsp3) is 0.381. The molecule has 0 unspecified atom stereocenters. The van der Waals surface area contributed by atoms with Crippen LogP contribution in [0.2, 0.25) is 0 Å². The van der Waals surface area contributed by atoms with Gasteiger partial charge in [-0.3, -0.25) is 9.89 Å². The van der Waals surface area contributed by atoms with Crippen LogP contribution in [0, 0.1) is 0 Å². The van der Waals surface area contributed by atoms with Crippen molar-refractivity contribution in [3.8, 4) is 0 Å². The second-order valence-corrected chi connectivity index (χ2v) is 9.77. The predicted octanol–water partition coefficient (Wildman–Crippen LogP) is 1.90. The molecule has 1 amide bonds. The van der Waals surface area contributed by atoms with Gasteiger partial charge in [-0.05, 0) is 36.6 Å². The van der Waals surface area contributed by atoms with Crippen molar-refractivity contribution in [2.75, 3.05) is 19.6 Å². The van der Waals surface area contributed by atoms with Crippen molar-refractivity contribution in [1.82, 2.24) is 30.1 Å². The lowest BCUT2D eigenvalue weighted by Crippen LogP contribution is -2.45. The minimum atomic E-state index is -3.67. The summed E-state index contributed by atoms with van der Waals surface area (Å²) in [5.74, 6) is -0.300. The van der Waals surface area contributed by atoms with E-state index in [9.17, 15) is 22.0 Å². The van der Waals surface area contributed by atoms with Gasteiger partial charge in [-0.1, -0.05) is 12.1 Å². The Morgan fingerprint density at radius 1 is 1.18 bits per heavy atom. The molecule has 0 radical (unpaired) electrons. The van der Waals surface area contributed by atoms with E-state index >= 15 is 0 Å². The number of hydrogen-bond acceptors (Lipinski definition) is 6. The summed E-state index contributed by atoms with van der Waals surface area (Å²) in [5, 5.41) is 12.9. The second kappa shape index (κ2) is 9.89. The van der Waals surface area contributed by atoms with E-state index in [2.05, 4.69) is 25.8 Å². The van der Waals surface area contributed by atoms with Crippen LogP contribution < -0.4 is 10.6 Å². The third-order valence-electron chi connectivity index (χ3n) is 5.58. The SMILES string of the molecule is O=C(NCc1ccc(S(=O)(=O)N2CCC(NCC(F)F)CC2)cc1)c1cnc2[nH]ncc2c1. The first-order valence-corrected chi connectivity index (χ1v) is 11.9. The predicted molar refractivity (Wildman–Crippen MR) is 117 cm³/mol. The van der Waals surface area contributed by atoms with Crippen molar-refractivity contribution < 1.29 is 22.0 Å². The molecule has 0 spiro atoms. The zero-order chi connectivity index (χ0) is 23.4. The molecule has 0 bridgehead atoms.